The molecule has 77 heavy (non-hydrogen) atoms. The Morgan fingerprint density at radius 2 is 0.818 bits per heavy atom. The number of allylic oxidation sites excluding steroid dienone is 15. The third kappa shape index (κ3) is 45.5. The number of nitrogens with one attached hydrogen (secondary N) is 1. The van der Waals surface area contributed by atoms with Crippen molar-refractivity contribution in [3.05, 3.63) is 97.2 Å². The van der Waals surface area contributed by atoms with Crippen LogP contribution in [-0.4, -0.2) is 87.5 Å². The Balaban J connectivity index is 2.11. The Morgan fingerprint density at radius 1 is 0.455 bits per heavy atom. The number of carbonyl (C=O) groups excluding carboxylic acids is 1. The molecule has 0 aliphatic carbocycles. The lowest BCUT2D eigenvalue weighted by atomic mass is 9.99. The van der Waals surface area contributed by atoms with Gasteiger partial charge >= 0.3 is 0 Å². The molecule has 1 saturated heterocycles. The van der Waals surface area contributed by atoms with E-state index in [0.29, 0.717) is 6.42 Å². The van der Waals surface area contributed by atoms with Crippen molar-refractivity contribution >= 4 is 5.91 Å². The summed E-state index contributed by atoms with van der Waals surface area (Å²) in [6, 6.07) is -0.831. The molecule has 6 N–H and O–H groups in total. The quantitative estimate of drug-likeness (QED) is 0.0261. The Bertz CT molecular complexity index is 1530. The smallest absolute Gasteiger partial charge is 0.220 e. The maximum Gasteiger partial charge on any atom is 0.220 e. The molecular formula is C68H119NO8. The van der Waals surface area contributed by atoms with Crippen LogP contribution in [0.15, 0.2) is 97.2 Å². The molecule has 0 bridgehead atoms. The fourth-order valence-corrected chi connectivity index (χ4v) is 9.63. The second kappa shape index (κ2) is 56.4. The van der Waals surface area contributed by atoms with Crippen LogP contribution in [0.5, 0.6) is 0 Å². The van der Waals surface area contributed by atoms with Crippen LogP contribution in [0.4, 0.5) is 0 Å². The second-order valence-electron chi connectivity index (χ2n) is 21.8. The molecule has 0 radical (unpaired) electrons. The first-order valence-corrected chi connectivity index (χ1v) is 32.0. The van der Waals surface area contributed by atoms with Crippen molar-refractivity contribution in [1.29, 1.82) is 0 Å². The minimum absolute atomic E-state index is 0.190. The Kier molecular flexibility index (Phi) is 52.8. The molecule has 1 aliphatic rings. The van der Waals surface area contributed by atoms with Crippen LogP contribution in [0.25, 0.3) is 0 Å². The lowest BCUT2D eigenvalue weighted by Crippen LogP contribution is -2.60. The lowest BCUT2D eigenvalue weighted by Gasteiger charge is -2.40. The Labute approximate surface area is 473 Å². The first kappa shape index (κ1) is 72.1. The van der Waals surface area contributed by atoms with Gasteiger partial charge in [-0.2, -0.15) is 0 Å². The summed E-state index contributed by atoms with van der Waals surface area (Å²) < 4.78 is 11.3. The van der Waals surface area contributed by atoms with Crippen molar-refractivity contribution in [2.24, 2.45) is 0 Å². The first-order valence-electron chi connectivity index (χ1n) is 32.0. The topological polar surface area (TPSA) is 149 Å². The van der Waals surface area contributed by atoms with E-state index in [1.54, 1.807) is 6.08 Å². The van der Waals surface area contributed by atoms with Crippen LogP contribution < -0.4 is 5.32 Å². The highest BCUT2D eigenvalue weighted by Gasteiger charge is 2.44. The van der Waals surface area contributed by atoms with Crippen molar-refractivity contribution in [2.75, 3.05) is 13.2 Å². The van der Waals surface area contributed by atoms with Gasteiger partial charge in [0.2, 0.25) is 5.91 Å². The molecule has 1 aliphatic heterocycles. The van der Waals surface area contributed by atoms with E-state index in [9.17, 15) is 30.3 Å². The summed E-state index contributed by atoms with van der Waals surface area (Å²) in [6.07, 6.45) is 75.0. The van der Waals surface area contributed by atoms with Crippen molar-refractivity contribution in [2.45, 2.75) is 314 Å². The summed E-state index contributed by atoms with van der Waals surface area (Å²) >= 11 is 0. The number of rotatable bonds is 54. The number of carbonyl (C=O) groups is 1. The van der Waals surface area contributed by atoms with E-state index >= 15 is 0 Å². The molecule has 9 nitrogen and oxygen atoms in total. The Morgan fingerprint density at radius 3 is 1.25 bits per heavy atom. The van der Waals surface area contributed by atoms with Crippen LogP contribution in [-0.2, 0) is 14.3 Å². The molecule has 0 aromatic heterocycles. The molecule has 1 fully saturated rings. The fraction of sp³-hybridized carbons (Fsp3) is 0.750. The summed E-state index contributed by atoms with van der Waals surface area (Å²) in [6.45, 7) is 3.65. The highest BCUT2D eigenvalue weighted by atomic mass is 16.7. The van der Waals surface area contributed by atoms with Crippen LogP contribution in [0, 0.1) is 0 Å². The van der Waals surface area contributed by atoms with Crippen LogP contribution in [0.1, 0.15) is 271 Å². The predicted octanol–water partition coefficient (Wildman–Crippen LogP) is 16.7. The maximum atomic E-state index is 13.1. The van der Waals surface area contributed by atoms with Gasteiger partial charge in [0.05, 0.1) is 25.4 Å². The molecule has 1 heterocycles. The largest absolute Gasteiger partial charge is 0.394 e. The highest BCUT2D eigenvalue weighted by Crippen LogP contribution is 2.23. The number of unbranched alkanes of at least 4 members (excludes halogenated alkanes) is 30. The number of hydrogen-bond acceptors (Lipinski definition) is 8. The van der Waals surface area contributed by atoms with Gasteiger partial charge < -0.3 is 40.3 Å². The summed E-state index contributed by atoms with van der Waals surface area (Å²) in [5.41, 5.74) is 0. The van der Waals surface area contributed by atoms with Crippen LogP contribution in [0.2, 0.25) is 0 Å². The van der Waals surface area contributed by atoms with Gasteiger partial charge in [0.25, 0.3) is 0 Å². The van der Waals surface area contributed by atoms with Crippen molar-refractivity contribution in [1.82, 2.24) is 5.32 Å². The number of aliphatic hydroxyl groups is 5. The number of aliphatic hydroxyl groups excluding tert-OH is 5. The molecule has 9 heteroatoms. The van der Waals surface area contributed by atoms with Gasteiger partial charge in [-0.25, -0.2) is 0 Å². The number of hydrogen-bond donors (Lipinski definition) is 6. The molecule has 7 atom stereocenters. The molecule has 444 valence electrons. The average molecular weight is 1080 g/mol. The molecule has 0 aromatic rings. The lowest BCUT2D eigenvalue weighted by molar-refractivity contribution is -0.302. The summed E-state index contributed by atoms with van der Waals surface area (Å²) in [4.78, 5) is 13.1. The van der Waals surface area contributed by atoms with Gasteiger partial charge in [-0.15, -0.1) is 0 Å². The van der Waals surface area contributed by atoms with E-state index < -0.39 is 49.5 Å². The highest BCUT2D eigenvalue weighted by molar-refractivity contribution is 5.76. The van der Waals surface area contributed by atoms with Gasteiger partial charge in [-0.3, -0.25) is 4.79 Å². The minimum Gasteiger partial charge on any atom is -0.394 e. The monoisotopic (exact) mass is 1080 g/mol. The van der Waals surface area contributed by atoms with Gasteiger partial charge in [0.1, 0.15) is 24.4 Å². The third-order valence-electron chi connectivity index (χ3n) is 14.6. The molecule has 7 unspecified atom stereocenters. The molecule has 1 amide bonds. The average Bonchev–Trinajstić information content (AvgIpc) is 3.43. The van der Waals surface area contributed by atoms with E-state index in [1.807, 2.05) is 6.08 Å². The third-order valence-corrected chi connectivity index (χ3v) is 14.6. The summed E-state index contributed by atoms with van der Waals surface area (Å²) in [7, 11) is 0. The zero-order valence-electron chi connectivity index (χ0n) is 49.4. The van der Waals surface area contributed by atoms with Crippen molar-refractivity contribution < 1.29 is 39.8 Å². The zero-order chi connectivity index (χ0) is 55.8. The van der Waals surface area contributed by atoms with Gasteiger partial charge in [-0.1, -0.05) is 272 Å². The molecule has 0 saturated carbocycles. The van der Waals surface area contributed by atoms with Crippen LogP contribution >= 0.6 is 0 Å². The maximum absolute atomic E-state index is 13.1. The molecule has 0 spiro atoms. The van der Waals surface area contributed by atoms with Crippen molar-refractivity contribution in [3.63, 3.8) is 0 Å². The second-order valence-corrected chi connectivity index (χ2v) is 21.8. The van der Waals surface area contributed by atoms with Crippen LogP contribution in [0.3, 0.4) is 0 Å². The molecular weight excluding hydrogens is 959 g/mol. The molecule has 0 aromatic carbocycles. The van der Waals surface area contributed by atoms with Gasteiger partial charge in [0.15, 0.2) is 6.29 Å². The predicted molar refractivity (Wildman–Crippen MR) is 327 cm³/mol. The van der Waals surface area contributed by atoms with Crippen molar-refractivity contribution in [3.8, 4) is 0 Å². The van der Waals surface area contributed by atoms with E-state index in [-0.39, 0.29) is 12.5 Å². The fourth-order valence-electron chi connectivity index (χ4n) is 9.63. The minimum atomic E-state index is -1.58. The Hall–Kier alpha value is -2.89. The van der Waals surface area contributed by atoms with Gasteiger partial charge in [-0.05, 0) is 89.9 Å². The summed E-state index contributed by atoms with van der Waals surface area (Å²) in [5, 5.41) is 54.5. The normalized spacial score (nSPS) is 19.4. The van der Waals surface area contributed by atoms with E-state index in [4.69, 9.17) is 9.47 Å². The molecule has 1 rings (SSSR count). The van der Waals surface area contributed by atoms with E-state index in [0.717, 1.165) is 83.5 Å². The zero-order valence-corrected chi connectivity index (χ0v) is 49.4. The van der Waals surface area contributed by atoms with Gasteiger partial charge in [0, 0.05) is 6.42 Å². The summed E-state index contributed by atoms with van der Waals surface area (Å²) in [5.74, 6) is -0.190. The number of amides is 1. The first-order chi connectivity index (χ1) is 37.8. The standard InChI is InChI=1S/C68H119NO8/c1-3-5-7-9-11-13-15-17-19-21-22-23-24-25-26-27-28-29-30-31-32-33-34-35-36-37-38-39-40-42-44-46-48-50-52-54-56-58-64(72)69-61(60-76-68-67(75)66(74)65(73)63(59-70)77-68)62(71)57-55-53-51-49-47-45-43-41-20-18-16-14-12-10-8-6-4-2/h5,7,11,13,17,19-20,22-23,25-26,41,47,49,55,57,61-63,65-68,70-71,73-75H,3-4,6,8-10,12,14-16,18,21,24,27-40,42-46,48,50-54,56,58-60H2,1-2H3,(H,69,72)/b7-5-,13-11-,19-17-,23-22-,26-25-,41-20+,49-47+,57-55+. The SMILES string of the molecule is CC/C=C\C/C=C\C/C=C\C/C=C\C/C=C\CCCCCCCCCCCCCCCCCCCCCCCC(=O)NC(COC1OC(CO)C(O)C(O)C1O)C(O)/C=C/CC/C=C/CC/C=C/CCCCCCCCC. The number of ether oxygens (including phenoxy) is 2. The van der Waals surface area contributed by atoms with E-state index in [1.165, 1.54) is 167 Å². The van der Waals surface area contributed by atoms with E-state index in [2.05, 4.69) is 104 Å².